The summed E-state index contributed by atoms with van der Waals surface area (Å²) < 4.78 is 18.9. The lowest BCUT2D eigenvalue weighted by Gasteiger charge is -2.11. The van der Waals surface area contributed by atoms with Gasteiger partial charge in [0.25, 0.3) is 0 Å². The zero-order valence-electron chi connectivity index (χ0n) is 9.73. The van der Waals surface area contributed by atoms with Crippen LogP contribution in [0.3, 0.4) is 0 Å². The number of halogens is 2. The Hall–Kier alpha value is -2.09. The molecule has 0 heterocycles. The largest absolute Gasteiger partial charge is 0.455 e. The summed E-state index contributed by atoms with van der Waals surface area (Å²) >= 11 is 5.97. The summed E-state index contributed by atoms with van der Waals surface area (Å²) in [6, 6.07) is 10.5. The van der Waals surface area contributed by atoms with Crippen LogP contribution in [0.5, 0.6) is 11.5 Å². The Morgan fingerprint density at radius 2 is 2.11 bits per heavy atom. The van der Waals surface area contributed by atoms with E-state index in [9.17, 15) is 9.50 Å². The maximum absolute atomic E-state index is 13.5. The summed E-state index contributed by atoms with van der Waals surface area (Å²) in [5.74, 6) is -0.187. The Morgan fingerprint density at radius 1 is 1.32 bits per heavy atom. The smallest absolute Gasteiger partial charge is 0.151 e. The first kappa shape index (κ1) is 13.3. The van der Waals surface area contributed by atoms with Gasteiger partial charge in [-0.05, 0) is 18.2 Å². The Labute approximate surface area is 114 Å². The standard InChI is InChI=1S/C14H9ClFNO2/c15-12-3-1-2-10(8-18)14(12)19-11-5-4-9(7-17)13(16)6-11/h1-6,18H,8H2. The third-order valence-electron chi connectivity index (χ3n) is 2.50. The Bertz CT molecular complexity index is 652. The topological polar surface area (TPSA) is 53.2 Å². The first-order valence-corrected chi connectivity index (χ1v) is 5.79. The van der Waals surface area contributed by atoms with Gasteiger partial charge in [-0.15, -0.1) is 0 Å². The minimum Gasteiger partial charge on any atom is -0.455 e. The molecule has 0 amide bonds. The van der Waals surface area contributed by atoms with Gasteiger partial charge in [0.2, 0.25) is 0 Å². The third kappa shape index (κ3) is 2.84. The lowest BCUT2D eigenvalue weighted by molar-refractivity contribution is 0.276. The maximum Gasteiger partial charge on any atom is 0.151 e. The van der Waals surface area contributed by atoms with Gasteiger partial charge in [0.1, 0.15) is 17.6 Å². The number of ether oxygens (including phenoxy) is 1. The van der Waals surface area contributed by atoms with Crippen molar-refractivity contribution in [3.8, 4) is 17.6 Å². The molecule has 0 radical (unpaired) electrons. The highest BCUT2D eigenvalue weighted by atomic mass is 35.5. The highest BCUT2D eigenvalue weighted by Gasteiger charge is 2.10. The maximum atomic E-state index is 13.5. The summed E-state index contributed by atoms with van der Waals surface area (Å²) in [5, 5.41) is 18.2. The molecule has 0 saturated heterocycles. The number of rotatable bonds is 3. The lowest BCUT2D eigenvalue weighted by Crippen LogP contribution is -1.94. The predicted molar refractivity (Wildman–Crippen MR) is 68.6 cm³/mol. The van der Waals surface area contributed by atoms with Gasteiger partial charge in [-0.3, -0.25) is 0 Å². The zero-order valence-corrected chi connectivity index (χ0v) is 10.5. The van der Waals surface area contributed by atoms with E-state index in [4.69, 9.17) is 21.6 Å². The summed E-state index contributed by atoms with van der Waals surface area (Å²) in [6.45, 7) is -0.241. The van der Waals surface area contributed by atoms with E-state index in [1.54, 1.807) is 24.3 Å². The summed E-state index contributed by atoms with van der Waals surface area (Å²) in [5.41, 5.74) is 0.436. The van der Waals surface area contributed by atoms with E-state index in [1.807, 2.05) is 0 Å². The molecule has 0 aliphatic carbocycles. The van der Waals surface area contributed by atoms with Crippen molar-refractivity contribution in [2.24, 2.45) is 0 Å². The molecule has 0 aliphatic rings. The van der Waals surface area contributed by atoms with Crippen molar-refractivity contribution in [1.82, 2.24) is 0 Å². The molecule has 3 nitrogen and oxygen atoms in total. The van der Waals surface area contributed by atoms with Crippen molar-refractivity contribution in [1.29, 1.82) is 5.26 Å². The quantitative estimate of drug-likeness (QED) is 0.932. The second-order valence-corrected chi connectivity index (χ2v) is 4.15. The van der Waals surface area contributed by atoms with E-state index in [-0.39, 0.29) is 23.7 Å². The van der Waals surface area contributed by atoms with Crippen molar-refractivity contribution in [3.05, 3.63) is 58.4 Å². The molecule has 2 aromatic rings. The van der Waals surface area contributed by atoms with E-state index >= 15 is 0 Å². The number of benzene rings is 2. The summed E-state index contributed by atoms with van der Waals surface area (Å²) in [6.07, 6.45) is 0. The van der Waals surface area contributed by atoms with Gasteiger partial charge in [-0.1, -0.05) is 23.7 Å². The van der Waals surface area contributed by atoms with Gasteiger partial charge in [0.05, 0.1) is 17.2 Å². The molecule has 0 unspecified atom stereocenters. The van der Waals surface area contributed by atoms with E-state index < -0.39 is 5.82 Å². The zero-order chi connectivity index (χ0) is 13.8. The number of aliphatic hydroxyl groups is 1. The molecule has 96 valence electrons. The van der Waals surface area contributed by atoms with Crippen molar-refractivity contribution in [2.45, 2.75) is 6.61 Å². The molecule has 0 atom stereocenters. The van der Waals surface area contributed by atoms with Gasteiger partial charge >= 0.3 is 0 Å². The molecule has 0 aromatic heterocycles. The molecular formula is C14H9ClFNO2. The van der Waals surface area contributed by atoms with Crippen molar-refractivity contribution < 1.29 is 14.2 Å². The van der Waals surface area contributed by atoms with Crippen molar-refractivity contribution >= 4 is 11.6 Å². The highest BCUT2D eigenvalue weighted by molar-refractivity contribution is 6.32. The minimum atomic E-state index is -0.669. The van der Waals surface area contributed by atoms with Crippen LogP contribution in [0.15, 0.2) is 36.4 Å². The SMILES string of the molecule is N#Cc1ccc(Oc2c(Cl)cccc2CO)cc1F. The van der Waals surface area contributed by atoms with Crippen LogP contribution in [0, 0.1) is 17.1 Å². The molecule has 0 saturated carbocycles. The number of nitrogens with zero attached hydrogens (tertiary/aromatic N) is 1. The first-order chi connectivity index (χ1) is 9.15. The Morgan fingerprint density at radius 3 is 2.74 bits per heavy atom. The molecule has 0 fully saturated rings. The second kappa shape index (κ2) is 5.70. The normalized spacial score (nSPS) is 10.0. The number of nitriles is 1. The molecule has 19 heavy (non-hydrogen) atoms. The highest BCUT2D eigenvalue weighted by Crippen LogP contribution is 2.33. The molecule has 1 N–H and O–H groups in total. The van der Waals surface area contributed by atoms with Crippen LogP contribution in [-0.4, -0.2) is 5.11 Å². The number of para-hydroxylation sites is 1. The fourth-order valence-corrected chi connectivity index (χ4v) is 1.79. The van der Waals surface area contributed by atoms with Crippen LogP contribution in [0.25, 0.3) is 0 Å². The molecule has 0 bridgehead atoms. The molecule has 5 heteroatoms. The number of hydrogen-bond donors (Lipinski definition) is 1. The van der Waals surface area contributed by atoms with Gasteiger partial charge in [-0.2, -0.15) is 5.26 Å². The Kier molecular flexibility index (Phi) is 4.00. The van der Waals surface area contributed by atoms with Gasteiger partial charge < -0.3 is 9.84 Å². The van der Waals surface area contributed by atoms with E-state index in [0.29, 0.717) is 10.6 Å². The molecule has 2 rings (SSSR count). The second-order valence-electron chi connectivity index (χ2n) is 3.74. The van der Waals surface area contributed by atoms with Gasteiger partial charge in [0.15, 0.2) is 5.75 Å². The van der Waals surface area contributed by atoms with E-state index in [1.165, 1.54) is 12.1 Å². The van der Waals surface area contributed by atoms with Crippen LogP contribution >= 0.6 is 11.6 Å². The first-order valence-electron chi connectivity index (χ1n) is 5.41. The number of aliphatic hydroxyl groups excluding tert-OH is 1. The van der Waals surface area contributed by atoms with Crippen LogP contribution in [0.2, 0.25) is 5.02 Å². The van der Waals surface area contributed by atoms with Gasteiger partial charge in [-0.25, -0.2) is 4.39 Å². The van der Waals surface area contributed by atoms with Gasteiger partial charge in [0, 0.05) is 11.6 Å². The minimum absolute atomic E-state index is 0.0612. The number of hydrogen-bond acceptors (Lipinski definition) is 3. The van der Waals surface area contributed by atoms with Crippen LogP contribution in [0.4, 0.5) is 4.39 Å². The van der Waals surface area contributed by atoms with Crippen molar-refractivity contribution in [3.63, 3.8) is 0 Å². The average Bonchev–Trinajstić information content (AvgIpc) is 2.41. The fraction of sp³-hybridized carbons (Fsp3) is 0.0714. The molecule has 0 aliphatic heterocycles. The summed E-state index contributed by atoms with van der Waals surface area (Å²) in [7, 11) is 0. The van der Waals surface area contributed by atoms with E-state index in [0.717, 1.165) is 6.07 Å². The van der Waals surface area contributed by atoms with Crippen molar-refractivity contribution in [2.75, 3.05) is 0 Å². The molecule has 0 spiro atoms. The lowest BCUT2D eigenvalue weighted by atomic mass is 10.2. The Balaban J connectivity index is 2.37. The van der Waals surface area contributed by atoms with Crippen LogP contribution < -0.4 is 4.74 Å². The molecule has 2 aromatic carbocycles. The average molecular weight is 278 g/mol. The summed E-state index contributed by atoms with van der Waals surface area (Å²) in [4.78, 5) is 0. The molecular weight excluding hydrogens is 269 g/mol. The van der Waals surface area contributed by atoms with Crippen LogP contribution in [-0.2, 0) is 6.61 Å². The fourth-order valence-electron chi connectivity index (χ4n) is 1.56. The third-order valence-corrected chi connectivity index (χ3v) is 2.80. The monoisotopic (exact) mass is 277 g/mol. The predicted octanol–water partition coefficient (Wildman–Crippen LogP) is 3.64. The van der Waals surface area contributed by atoms with Crippen LogP contribution in [0.1, 0.15) is 11.1 Å². The van der Waals surface area contributed by atoms with E-state index in [2.05, 4.69) is 0 Å².